The van der Waals surface area contributed by atoms with Crippen molar-refractivity contribution in [3.8, 4) is 0 Å². The third kappa shape index (κ3) is 4.57. The van der Waals surface area contributed by atoms with E-state index in [-0.39, 0.29) is 5.57 Å². The van der Waals surface area contributed by atoms with Gasteiger partial charge < -0.3 is 24.8 Å². The van der Waals surface area contributed by atoms with E-state index >= 15 is 0 Å². The predicted molar refractivity (Wildman–Crippen MR) is 72.6 cm³/mol. The Bertz CT molecular complexity index is 454. The summed E-state index contributed by atoms with van der Waals surface area (Å²) in [5, 5.41) is 28.8. The smallest absolute Gasteiger partial charge is 0.307 e. The van der Waals surface area contributed by atoms with Crippen molar-refractivity contribution in [1.82, 2.24) is 0 Å². The van der Waals surface area contributed by atoms with Crippen molar-refractivity contribution in [2.75, 3.05) is 0 Å². The molecule has 4 unspecified atom stereocenters. The molecule has 0 aromatic rings. The molecule has 1 fully saturated rings. The average Bonchev–Trinajstić information content (AvgIpc) is 2.78. The van der Waals surface area contributed by atoms with Gasteiger partial charge in [0.05, 0.1) is 12.5 Å². The van der Waals surface area contributed by atoms with Crippen LogP contribution in [0.15, 0.2) is 24.0 Å². The summed E-state index contributed by atoms with van der Waals surface area (Å²) < 4.78 is 10.5. The molecule has 1 aliphatic heterocycles. The van der Waals surface area contributed by atoms with E-state index in [1.54, 1.807) is 0 Å². The Kier molecular flexibility index (Phi) is 5.92. The highest BCUT2D eigenvalue weighted by molar-refractivity contribution is 5.70. The van der Waals surface area contributed by atoms with Gasteiger partial charge in [0.15, 0.2) is 0 Å². The number of ether oxygens (including phenoxy) is 2. The molecule has 1 rings (SSSR count). The van der Waals surface area contributed by atoms with Crippen LogP contribution in [0, 0.1) is 0 Å². The molecule has 21 heavy (non-hydrogen) atoms. The van der Waals surface area contributed by atoms with E-state index in [0.717, 1.165) is 0 Å². The summed E-state index contributed by atoms with van der Waals surface area (Å²) in [5.41, 5.74) is 0.113. The minimum atomic E-state index is -1.47. The first-order chi connectivity index (χ1) is 9.76. The Morgan fingerprint density at radius 1 is 1.43 bits per heavy atom. The second-order valence-electron chi connectivity index (χ2n) is 4.94. The summed E-state index contributed by atoms with van der Waals surface area (Å²) >= 11 is 0. The molecule has 0 amide bonds. The number of aliphatic hydroxyl groups is 2. The fourth-order valence-corrected chi connectivity index (χ4v) is 2.19. The van der Waals surface area contributed by atoms with Crippen LogP contribution in [0.3, 0.4) is 0 Å². The molecule has 0 radical (unpaired) electrons. The zero-order valence-corrected chi connectivity index (χ0v) is 12.0. The second-order valence-corrected chi connectivity index (χ2v) is 4.94. The van der Waals surface area contributed by atoms with E-state index in [9.17, 15) is 19.8 Å². The van der Waals surface area contributed by atoms with Crippen LogP contribution in [0.25, 0.3) is 0 Å². The van der Waals surface area contributed by atoms with Gasteiger partial charge >= 0.3 is 11.9 Å². The number of carboxylic acids is 1. The molecule has 0 bridgehead atoms. The van der Waals surface area contributed by atoms with Crippen LogP contribution in [0.4, 0.5) is 0 Å². The van der Waals surface area contributed by atoms with Crippen LogP contribution in [0.5, 0.6) is 0 Å². The molecule has 0 saturated carbocycles. The van der Waals surface area contributed by atoms with Crippen LogP contribution >= 0.6 is 0 Å². The number of aliphatic carboxylic acids is 1. The molecular weight excluding hydrogens is 280 g/mol. The van der Waals surface area contributed by atoms with Gasteiger partial charge in [-0.05, 0) is 12.5 Å². The first-order valence-electron chi connectivity index (χ1n) is 6.50. The van der Waals surface area contributed by atoms with Gasteiger partial charge in [-0.15, -0.1) is 6.58 Å². The zero-order valence-electron chi connectivity index (χ0n) is 12.0. The topological polar surface area (TPSA) is 113 Å². The van der Waals surface area contributed by atoms with Gasteiger partial charge in [-0.2, -0.15) is 0 Å². The van der Waals surface area contributed by atoms with Crippen LogP contribution in [-0.4, -0.2) is 51.7 Å². The maximum Gasteiger partial charge on any atom is 0.307 e. The van der Waals surface area contributed by atoms with Gasteiger partial charge in [-0.25, -0.2) is 0 Å². The number of carbonyl (C=O) groups is 2. The lowest BCUT2D eigenvalue weighted by atomic mass is 10.0. The van der Waals surface area contributed by atoms with Gasteiger partial charge in [0.25, 0.3) is 0 Å². The number of hydrogen-bond acceptors (Lipinski definition) is 6. The van der Waals surface area contributed by atoms with Crippen molar-refractivity contribution in [3.05, 3.63) is 24.0 Å². The summed E-state index contributed by atoms with van der Waals surface area (Å²) in [6, 6.07) is 0. The third-order valence-corrected chi connectivity index (χ3v) is 3.19. The van der Waals surface area contributed by atoms with Crippen LogP contribution in [-0.2, 0) is 19.1 Å². The molecule has 1 saturated heterocycles. The molecule has 3 N–H and O–H groups in total. The van der Waals surface area contributed by atoms with Crippen LogP contribution < -0.4 is 0 Å². The Morgan fingerprint density at radius 3 is 2.52 bits per heavy atom. The van der Waals surface area contributed by atoms with Crippen molar-refractivity contribution in [2.45, 2.75) is 51.1 Å². The summed E-state index contributed by atoms with van der Waals surface area (Å²) in [6.45, 7) is 6.20. The number of carbonyl (C=O) groups excluding carboxylic acids is 1. The fourth-order valence-electron chi connectivity index (χ4n) is 2.19. The Labute approximate surface area is 122 Å². The van der Waals surface area contributed by atoms with E-state index in [4.69, 9.17) is 14.6 Å². The molecule has 0 aliphatic carbocycles. The quantitative estimate of drug-likeness (QED) is 0.380. The number of esters is 1. The third-order valence-electron chi connectivity index (χ3n) is 3.19. The van der Waals surface area contributed by atoms with E-state index in [1.165, 1.54) is 19.9 Å². The van der Waals surface area contributed by atoms with Crippen molar-refractivity contribution in [2.24, 2.45) is 0 Å². The van der Waals surface area contributed by atoms with Gasteiger partial charge in [0, 0.05) is 13.3 Å². The van der Waals surface area contributed by atoms with E-state index in [1.807, 2.05) is 0 Å². The average molecular weight is 300 g/mol. The number of aliphatic hydroxyl groups excluding tert-OH is 2. The lowest BCUT2D eigenvalue weighted by Gasteiger charge is -2.24. The molecule has 7 heteroatoms. The molecule has 118 valence electrons. The van der Waals surface area contributed by atoms with Crippen molar-refractivity contribution >= 4 is 11.9 Å². The zero-order chi connectivity index (χ0) is 16.2. The largest absolute Gasteiger partial charge is 0.509 e. The maximum absolute atomic E-state index is 11.1. The van der Waals surface area contributed by atoms with Gasteiger partial charge in [0.2, 0.25) is 0 Å². The molecular formula is C14H20O7. The lowest BCUT2D eigenvalue weighted by molar-refractivity contribution is -0.152. The normalized spacial score (nSPS) is 27.7. The molecule has 7 nitrogen and oxygen atoms in total. The summed E-state index contributed by atoms with van der Waals surface area (Å²) in [7, 11) is 0. The van der Waals surface area contributed by atoms with E-state index in [0.29, 0.717) is 6.42 Å². The number of hydrogen-bond donors (Lipinski definition) is 3. The van der Waals surface area contributed by atoms with E-state index < -0.39 is 48.5 Å². The maximum atomic E-state index is 11.1. The molecule has 4 atom stereocenters. The Balaban J connectivity index is 2.91. The van der Waals surface area contributed by atoms with Crippen molar-refractivity contribution in [1.29, 1.82) is 0 Å². The Morgan fingerprint density at radius 2 is 2.05 bits per heavy atom. The number of rotatable bonds is 6. The first-order valence-corrected chi connectivity index (χ1v) is 6.50. The molecule has 0 aromatic carbocycles. The standard InChI is InChI=1S/C14H20O7/c1-4-9-6-10(20-8(3)15)14(21-9)13(19)12(18)7(2)5-11(16)17/h4,9-10,13-14,18-19H,1,5-6H2,2-3H3,(H,16,17)/b12-7+. The molecule has 1 heterocycles. The monoisotopic (exact) mass is 300 g/mol. The minimum Gasteiger partial charge on any atom is -0.509 e. The van der Waals surface area contributed by atoms with Crippen LogP contribution in [0.2, 0.25) is 0 Å². The van der Waals surface area contributed by atoms with Gasteiger partial charge in [-0.1, -0.05) is 6.08 Å². The second kappa shape index (κ2) is 7.24. The minimum absolute atomic E-state index is 0.113. The number of carboxylic acid groups (broad SMARTS) is 1. The fraction of sp³-hybridized carbons (Fsp3) is 0.571. The summed E-state index contributed by atoms with van der Waals surface area (Å²) in [4.78, 5) is 21.7. The highest BCUT2D eigenvalue weighted by Gasteiger charge is 2.42. The summed E-state index contributed by atoms with van der Waals surface area (Å²) in [5.74, 6) is -2.14. The highest BCUT2D eigenvalue weighted by Crippen LogP contribution is 2.29. The predicted octanol–water partition coefficient (Wildman–Crippen LogP) is 0.929. The molecule has 1 aliphatic rings. The van der Waals surface area contributed by atoms with Crippen LogP contribution in [0.1, 0.15) is 26.7 Å². The summed E-state index contributed by atoms with van der Waals surface area (Å²) in [6.07, 6.45) is -2.18. The van der Waals surface area contributed by atoms with Crippen molar-refractivity contribution in [3.63, 3.8) is 0 Å². The molecule has 0 spiro atoms. The molecule has 0 aromatic heterocycles. The lowest BCUT2D eigenvalue weighted by Crippen LogP contribution is -2.38. The Hall–Kier alpha value is -1.86. The first kappa shape index (κ1) is 17.2. The van der Waals surface area contributed by atoms with Crippen molar-refractivity contribution < 1.29 is 34.4 Å². The van der Waals surface area contributed by atoms with Gasteiger partial charge in [-0.3, -0.25) is 9.59 Å². The highest BCUT2D eigenvalue weighted by atomic mass is 16.6. The van der Waals surface area contributed by atoms with E-state index in [2.05, 4.69) is 6.58 Å². The van der Waals surface area contributed by atoms with Gasteiger partial charge in [0.1, 0.15) is 24.1 Å². The SMILES string of the molecule is C=CC1CC(OC(C)=O)C(C(O)/C(O)=C(/C)CC(=O)O)O1.